The molecule has 0 unspecified atom stereocenters. The summed E-state index contributed by atoms with van der Waals surface area (Å²) in [6, 6.07) is 24.7. The number of rotatable bonds is 11. The van der Waals surface area contributed by atoms with Gasteiger partial charge in [-0.1, -0.05) is 61.5 Å². The minimum Gasteiger partial charge on any atom is -0.484 e. The highest BCUT2D eigenvalue weighted by Crippen LogP contribution is 2.19. The Labute approximate surface area is 222 Å². The molecule has 0 aliphatic carbocycles. The minimum absolute atomic E-state index is 0.0132. The normalized spacial score (nSPS) is 12.5. The Morgan fingerprint density at radius 1 is 0.971 bits per heavy atom. The molecule has 0 radical (unpaired) electrons. The summed E-state index contributed by atoms with van der Waals surface area (Å²) in [6.45, 7) is 6.21. The number of nitrogens with zero attached hydrogens (tertiary/aromatic N) is 1. The SMILES string of the molecule is CC[C@H](C)NC(=O)[C@@H](Cc1ccccc1)N(Cc1ccccc1C)C(=O)COc1ccc(I)cc1. The third kappa shape index (κ3) is 8.09. The lowest BCUT2D eigenvalue weighted by molar-refractivity contribution is -0.143. The van der Waals surface area contributed by atoms with Gasteiger partial charge in [-0.25, -0.2) is 0 Å². The first kappa shape index (κ1) is 26.7. The number of nitrogens with one attached hydrogen (secondary N) is 1. The number of benzene rings is 3. The summed E-state index contributed by atoms with van der Waals surface area (Å²) in [5, 5.41) is 3.09. The monoisotopic (exact) mass is 584 g/mol. The van der Waals surface area contributed by atoms with Gasteiger partial charge in [-0.05, 0) is 83.8 Å². The second-order valence-electron chi connectivity index (χ2n) is 8.71. The Kier molecular flexibility index (Phi) is 10.1. The highest BCUT2D eigenvalue weighted by molar-refractivity contribution is 14.1. The topological polar surface area (TPSA) is 58.6 Å². The Balaban J connectivity index is 1.91. The van der Waals surface area contributed by atoms with Crippen molar-refractivity contribution in [3.63, 3.8) is 0 Å². The van der Waals surface area contributed by atoms with Gasteiger partial charge in [0.05, 0.1) is 0 Å². The fraction of sp³-hybridized carbons (Fsp3) is 0.310. The van der Waals surface area contributed by atoms with E-state index < -0.39 is 6.04 Å². The van der Waals surface area contributed by atoms with Crippen LogP contribution in [0.2, 0.25) is 0 Å². The molecule has 0 saturated carbocycles. The Morgan fingerprint density at radius 3 is 2.29 bits per heavy atom. The van der Waals surface area contributed by atoms with Gasteiger partial charge >= 0.3 is 0 Å². The van der Waals surface area contributed by atoms with Crippen LogP contribution in [-0.4, -0.2) is 35.4 Å². The number of amides is 2. The molecule has 2 amide bonds. The van der Waals surface area contributed by atoms with Gasteiger partial charge in [0.2, 0.25) is 5.91 Å². The van der Waals surface area contributed by atoms with Crippen molar-refractivity contribution in [1.82, 2.24) is 10.2 Å². The van der Waals surface area contributed by atoms with E-state index in [1.54, 1.807) is 4.90 Å². The van der Waals surface area contributed by atoms with Crippen LogP contribution < -0.4 is 10.1 Å². The Hall–Kier alpha value is -2.87. The summed E-state index contributed by atoms with van der Waals surface area (Å²) in [7, 11) is 0. The molecule has 3 aromatic carbocycles. The van der Waals surface area contributed by atoms with Crippen molar-refractivity contribution in [2.45, 2.75) is 52.2 Å². The van der Waals surface area contributed by atoms with Crippen LogP contribution in [0.15, 0.2) is 78.9 Å². The van der Waals surface area contributed by atoms with Crippen LogP contribution in [0, 0.1) is 10.5 Å². The van der Waals surface area contributed by atoms with Gasteiger partial charge in [0.1, 0.15) is 11.8 Å². The summed E-state index contributed by atoms with van der Waals surface area (Å²) in [4.78, 5) is 28.8. The maximum atomic E-state index is 13.6. The molecule has 1 N–H and O–H groups in total. The lowest BCUT2D eigenvalue weighted by Gasteiger charge is -2.32. The summed E-state index contributed by atoms with van der Waals surface area (Å²) < 4.78 is 6.92. The second-order valence-corrected chi connectivity index (χ2v) is 9.96. The smallest absolute Gasteiger partial charge is 0.261 e. The molecule has 3 rings (SSSR count). The molecule has 2 atom stereocenters. The van der Waals surface area contributed by atoms with E-state index >= 15 is 0 Å². The van der Waals surface area contributed by atoms with Crippen molar-refractivity contribution >= 4 is 34.4 Å². The van der Waals surface area contributed by atoms with E-state index in [0.29, 0.717) is 18.7 Å². The first-order chi connectivity index (χ1) is 16.9. The van der Waals surface area contributed by atoms with Gasteiger partial charge in [-0.3, -0.25) is 9.59 Å². The number of hydrogen-bond donors (Lipinski definition) is 1. The molecule has 0 spiro atoms. The van der Waals surface area contributed by atoms with Crippen molar-refractivity contribution < 1.29 is 14.3 Å². The molecular formula is C29H33IN2O3. The Morgan fingerprint density at radius 2 is 1.63 bits per heavy atom. The average Bonchev–Trinajstić information content (AvgIpc) is 2.87. The number of hydrogen-bond acceptors (Lipinski definition) is 3. The molecule has 0 bridgehead atoms. The number of carbonyl (C=O) groups excluding carboxylic acids is 2. The van der Waals surface area contributed by atoms with E-state index in [2.05, 4.69) is 27.9 Å². The molecule has 35 heavy (non-hydrogen) atoms. The van der Waals surface area contributed by atoms with Crippen LogP contribution >= 0.6 is 22.6 Å². The summed E-state index contributed by atoms with van der Waals surface area (Å²) >= 11 is 2.23. The molecule has 0 heterocycles. The molecular weight excluding hydrogens is 551 g/mol. The van der Waals surface area contributed by atoms with Gasteiger partial charge in [0.15, 0.2) is 6.61 Å². The lowest BCUT2D eigenvalue weighted by Crippen LogP contribution is -2.53. The van der Waals surface area contributed by atoms with Gasteiger partial charge in [0.25, 0.3) is 5.91 Å². The fourth-order valence-corrected chi connectivity index (χ4v) is 4.08. The number of carbonyl (C=O) groups is 2. The van der Waals surface area contributed by atoms with E-state index in [-0.39, 0.29) is 24.5 Å². The highest BCUT2D eigenvalue weighted by Gasteiger charge is 2.31. The Bertz CT molecular complexity index is 1100. The molecule has 184 valence electrons. The molecule has 0 aromatic heterocycles. The van der Waals surface area contributed by atoms with Crippen LogP contribution in [0.4, 0.5) is 0 Å². The summed E-state index contributed by atoms with van der Waals surface area (Å²) in [5.41, 5.74) is 3.08. The predicted molar refractivity (Wildman–Crippen MR) is 148 cm³/mol. The average molecular weight is 584 g/mol. The van der Waals surface area contributed by atoms with Crippen molar-refractivity contribution in [1.29, 1.82) is 0 Å². The summed E-state index contributed by atoms with van der Waals surface area (Å²) in [6.07, 6.45) is 1.23. The van der Waals surface area contributed by atoms with Crippen molar-refractivity contribution in [3.05, 3.63) is 99.1 Å². The van der Waals surface area contributed by atoms with Gasteiger partial charge < -0.3 is 15.0 Å². The number of aryl methyl sites for hydroxylation is 1. The van der Waals surface area contributed by atoms with Gasteiger partial charge in [-0.15, -0.1) is 0 Å². The second kappa shape index (κ2) is 13.3. The number of ether oxygens (including phenoxy) is 1. The zero-order chi connectivity index (χ0) is 25.2. The van der Waals surface area contributed by atoms with Crippen LogP contribution in [0.5, 0.6) is 5.75 Å². The highest BCUT2D eigenvalue weighted by atomic mass is 127. The third-order valence-electron chi connectivity index (χ3n) is 6.05. The predicted octanol–water partition coefficient (Wildman–Crippen LogP) is 5.53. The molecule has 0 aliphatic heterocycles. The maximum absolute atomic E-state index is 13.6. The first-order valence-corrected chi connectivity index (χ1v) is 13.0. The molecule has 0 aliphatic rings. The fourth-order valence-electron chi connectivity index (χ4n) is 3.72. The molecule has 5 nitrogen and oxygen atoms in total. The largest absolute Gasteiger partial charge is 0.484 e. The first-order valence-electron chi connectivity index (χ1n) is 11.9. The van der Waals surface area contributed by atoms with Crippen molar-refractivity contribution in [2.75, 3.05) is 6.61 Å². The van der Waals surface area contributed by atoms with Crippen LogP contribution in [-0.2, 0) is 22.6 Å². The van der Waals surface area contributed by atoms with Crippen molar-refractivity contribution in [3.8, 4) is 5.75 Å². The lowest BCUT2D eigenvalue weighted by atomic mass is 10.0. The summed E-state index contributed by atoms with van der Waals surface area (Å²) in [5.74, 6) is 0.240. The molecule has 6 heteroatoms. The van der Waals surface area contributed by atoms with E-state index in [0.717, 1.165) is 26.7 Å². The number of halogens is 1. The quantitative estimate of drug-likeness (QED) is 0.302. The minimum atomic E-state index is -0.668. The molecule has 0 saturated heterocycles. The third-order valence-corrected chi connectivity index (χ3v) is 6.77. The van der Waals surface area contributed by atoms with Crippen LogP contribution in [0.3, 0.4) is 0 Å². The van der Waals surface area contributed by atoms with E-state index in [4.69, 9.17) is 4.74 Å². The van der Waals surface area contributed by atoms with Gasteiger partial charge in [-0.2, -0.15) is 0 Å². The van der Waals surface area contributed by atoms with Crippen LogP contribution in [0.1, 0.15) is 37.0 Å². The maximum Gasteiger partial charge on any atom is 0.261 e. The van der Waals surface area contributed by atoms with E-state index in [1.807, 2.05) is 99.6 Å². The van der Waals surface area contributed by atoms with Crippen molar-refractivity contribution in [2.24, 2.45) is 0 Å². The van der Waals surface area contributed by atoms with E-state index in [1.165, 1.54) is 0 Å². The standard InChI is InChI=1S/C29H33IN2O3/c1-4-22(3)31-29(34)27(18-23-11-6-5-7-12-23)32(19-24-13-9-8-10-21(24)2)28(33)20-35-26-16-14-25(30)15-17-26/h5-17,22,27H,4,18-20H2,1-3H3,(H,31,34)/t22-,27+/m0/s1. The van der Waals surface area contributed by atoms with E-state index in [9.17, 15) is 9.59 Å². The van der Waals surface area contributed by atoms with Gasteiger partial charge in [0, 0.05) is 22.6 Å². The molecule has 0 fully saturated rings. The zero-order valence-electron chi connectivity index (χ0n) is 20.5. The van der Waals surface area contributed by atoms with Crippen LogP contribution in [0.25, 0.3) is 0 Å². The zero-order valence-corrected chi connectivity index (χ0v) is 22.7. The molecule has 3 aromatic rings.